The minimum absolute atomic E-state index is 0.134. The molecule has 0 atom stereocenters. The fourth-order valence-corrected chi connectivity index (χ4v) is 1.84. The molecule has 96 valence electrons. The van der Waals surface area contributed by atoms with Gasteiger partial charge in [0.05, 0.1) is 11.6 Å². The lowest BCUT2D eigenvalue weighted by atomic mass is 10.2. The van der Waals surface area contributed by atoms with Crippen LogP contribution in [-0.2, 0) is 13.1 Å². The van der Waals surface area contributed by atoms with E-state index < -0.39 is 5.82 Å². The molecule has 6 heteroatoms. The molecule has 0 bridgehead atoms. The molecule has 2 aromatic rings. The maximum absolute atomic E-state index is 13.0. The molecular formula is C12H13ClFN3O. The highest BCUT2D eigenvalue weighted by atomic mass is 35.5. The van der Waals surface area contributed by atoms with Gasteiger partial charge in [-0.15, -0.1) is 10.2 Å². The van der Waals surface area contributed by atoms with E-state index in [0.29, 0.717) is 24.9 Å². The molecule has 0 N–H and O–H groups in total. The maximum Gasteiger partial charge on any atom is 0.230 e. The van der Waals surface area contributed by atoms with Crippen LogP contribution in [0.4, 0.5) is 4.39 Å². The lowest BCUT2D eigenvalue weighted by molar-refractivity contribution is 0.278. The third-order valence-electron chi connectivity index (χ3n) is 2.41. The molecule has 18 heavy (non-hydrogen) atoms. The summed E-state index contributed by atoms with van der Waals surface area (Å²) in [5.41, 5.74) is 0.931. The predicted octanol–water partition coefficient (Wildman–Crippen LogP) is 2.80. The smallest absolute Gasteiger partial charge is 0.230 e. The molecule has 1 aromatic heterocycles. The van der Waals surface area contributed by atoms with Crippen molar-refractivity contribution in [2.75, 3.05) is 7.05 Å². The molecule has 0 saturated carbocycles. The van der Waals surface area contributed by atoms with Crippen molar-refractivity contribution in [3.05, 3.63) is 46.4 Å². The van der Waals surface area contributed by atoms with Gasteiger partial charge < -0.3 is 4.42 Å². The van der Waals surface area contributed by atoms with Crippen LogP contribution < -0.4 is 0 Å². The first-order valence-corrected chi connectivity index (χ1v) is 5.84. The highest BCUT2D eigenvalue weighted by Crippen LogP contribution is 2.17. The van der Waals surface area contributed by atoms with Crippen LogP contribution in [0.1, 0.15) is 17.3 Å². The van der Waals surface area contributed by atoms with Crippen LogP contribution in [0, 0.1) is 12.7 Å². The predicted molar refractivity (Wildman–Crippen MR) is 65.6 cm³/mol. The van der Waals surface area contributed by atoms with Crippen LogP contribution in [0.25, 0.3) is 0 Å². The van der Waals surface area contributed by atoms with E-state index in [-0.39, 0.29) is 5.02 Å². The number of halogens is 2. The molecule has 0 aliphatic heterocycles. The average molecular weight is 270 g/mol. The molecule has 0 aliphatic rings. The summed E-state index contributed by atoms with van der Waals surface area (Å²) >= 11 is 5.73. The highest BCUT2D eigenvalue weighted by molar-refractivity contribution is 6.30. The molecule has 0 spiro atoms. The van der Waals surface area contributed by atoms with Crippen LogP contribution in [0.3, 0.4) is 0 Å². The first kappa shape index (κ1) is 13.0. The van der Waals surface area contributed by atoms with Gasteiger partial charge in [-0.2, -0.15) is 0 Å². The zero-order valence-corrected chi connectivity index (χ0v) is 10.9. The second-order valence-corrected chi connectivity index (χ2v) is 4.54. The van der Waals surface area contributed by atoms with Gasteiger partial charge in [0.1, 0.15) is 5.82 Å². The van der Waals surface area contributed by atoms with Crippen molar-refractivity contribution in [3.8, 4) is 0 Å². The molecule has 0 unspecified atom stereocenters. The van der Waals surface area contributed by atoms with Crippen LogP contribution in [0.5, 0.6) is 0 Å². The molecule has 0 amide bonds. The zero-order valence-electron chi connectivity index (χ0n) is 10.2. The Hall–Kier alpha value is -1.46. The largest absolute Gasteiger partial charge is 0.424 e. The van der Waals surface area contributed by atoms with Crippen LogP contribution in [0.15, 0.2) is 22.6 Å². The first-order valence-electron chi connectivity index (χ1n) is 5.46. The zero-order chi connectivity index (χ0) is 13.1. The van der Waals surface area contributed by atoms with Gasteiger partial charge in [0.25, 0.3) is 0 Å². The number of nitrogens with zero attached hydrogens (tertiary/aromatic N) is 3. The van der Waals surface area contributed by atoms with Gasteiger partial charge in [0.2, 0.25) is 11.8 Å². The summed E-state index contributed by atoms with van der Waals surface area (Å²) in [7, 11) is 1.91. The Morgan fingerprint density at radius 1 is 1.33 bits per heavy atom. The minimum Gasteiger partial charge on any atom is -0.424 e. The van der Waals surface area contributed by atoms with E-state index >= 15 is 0 Å². The maximum atomic E-state index is 13.0. The lowest BCUT2D eigenvalue weighted by Crippen LogP contribution is -2.17. The van der Waals surface area contributed by atoms with Gasteiger partial charge in [0, 0.05) is 13.5 Å². The quantitative estimate of drug-likeness (QED) is 0.856. The van der Waals surface area contributed by atoms with Gasteiger partial charge in [-0.3, -0.25) is 4.90 Å². The van der Waals surface area contributed by atoms with Crippen molar-refractivity contribution >= 4 is 11.6 Å². The number of rotatable bonds is 4. The molecular weight excluding hydrogens is 257 g/mol. The van der Waals surface area contributed by atoms with Crippen molar-refractivity contribution in [1.82, 2.24) is 15.1 Å². The second kappa shape index (κ2) is 5.46. The summed E-state index contributed by atoms with van der Waals surface area (Å²) in [6.45, 7) is 2.91. The third-order valence-corrected chi connectivity index (χ3v) is 2.70. The van der Waals surface area contributed by atoms with E-state index in [4.69, 9.17) is 16.0 Å². The Morgan fingerprint density at radius 2 is 2.11 bits per heavy atom. The standard InChI is InChI=1S/C12H13ClFN3O/c1-8-15-16-12(18-8)7-17(2)6-9-3-4-11(14)10(13)5-9/h3-5H,6-7H2,1-2H3. The van der Waals surface area contributed by atoms with Crippen molar-refractivity contribution in [2.45, 2.75) is 20.0 Å². The first-order chi connectivity index (χ1) is 8.54. The van der Waals surface area contributed by atoms with Gasteiger partial charge in [-0.25, -0.2) is 4.39 Å². The van der Waals surface area contributed by atoms with E-state index in [1.165, 1.54) is 6.07 Å². The summed E-state index contributed by atoms with van der Waals surface area (Å²) in [6.07, 6.45) is 0. The summed E-state index contributed by atoms with van der Waals surface area (Å²) in [5.74, 6) is 0.696. The fourth-order valence-electron chi connectivity index (χ4n) is 1.64. The summed E-state index contributed by atoms with van der Waals surface area (Å²) in [5, 5.41) is 7.81. The van der Waals surface area contributed by atoms with Crippen molar-refractivity contribution in [3.63, 3.8) is 0 Å². The number of hydrogen-bond acceptors (Lipinski definition) is 4. The van der Waals surface area contributed by atoms with Gasteiger partial charge in [0.15, 0.2) is 0 Å². The Bertz CT molecular complexity index is 544. The van der Waals surface area contributed by atoms with Crippen LogP contribution >= 0.6 is 11.6 Å². The lowest BCUT2D eigenvalue weighted by Gasteiger charge is -2.14. The second-order valence-electron chi connectivity index (χ2n) is 4.14. The Balaban J connectivity index is 1.98. The molecule has 1 heterocycles. The number of aromatic nitrogens is 2. The van der Waals surface area contributed by atoms with E-state index in [9.17, 15) is 4.39 Å². The van der Waals surface area contributed by atoms with E-state index in [1.807, 2.05) is 11.9 Å². The van der Waals surface area contributed by atoms with E-state index in [0.717, 1.165) is 5.56 Å². The van der Waals surface area contributed by atoms with Crippen LogP contribution in [0.2, 0.25) is 5.02 Å². The molecule has 0 saturated heterocycles. The highest BCUT2D eigenvalue weighted by Gasteiger charge is 2.08. The van der Waals surface area contributed by atoms with Crippen molar-refractivity contribution in [1.29, 1.82) is 0 Å². The van der Waals surface area contributed by atoms with Gasteiger partial charge in [-0.05, 0) is 24.7 Å². The number of benzene rings is 1. The van der Waals surface area contributed by atoms with Crippen molar-refractivity contribution in [2.24, 2.45) is 0 Å². The molecule has 0 aliphatic carbocycles. The SMILES string of the molecule is Cc1nnc(CN(C)Cc2ccc(F)c(Cl)c2)o1. The summed E-state index contributed by atoms with van der Waals surface area (Å²) < 4.78 is 18.3. The summed E-state index contributed by atoms with van der Waals surface area (Å²) in [6, 6.07) is 4.69. The number of aryl methyl sites for hydroxylation is 1. The molecule has 0 fully saturated rings. The minimum atomic E-state index is -0.407. The van der Waals surface area contributed by atoms with E-state index in [2.05, 4.69) is 10.2 Å². The topological polar surface area (TPSA) is 42.2 Å². The Labute approximate surface area is 109 Å². The van der Waals surface area contributed by atoms with Gasteiger partial charge >= 0.3 is 0 Å². The molecule has 0 radical (unpaired) electrons. The van der Waals surface area contributed by atoms with E-state index in [1.54, 1.807) is 19.1 Å². The monoisotopic (exact) mass is 269 g/mol. The third kappa shape index (κ3) is 3.27. The number of hydrogen-bond donors (Lipinski definition) is 0. The summed E-state index contributed by atoms with van der Waals surface area (Å²) in [4.78, 5) is 1.98. The Kier molecular flexibility index (Phi) is 3.93. The molecule has 1 aromatic carbocycles. The van der Waals surface area contributed by atoms with Crippen molar-refractivity contribution < 1.29 is 8.81 Å². The molecule has 4 nitrogen and oxygen atoms in total. The normalized spacial score (nSPS) is 11.2. The van der Waals surface area contributed by atoms with Gasteiger partial charge in [-0.1, -0.05) is 17.7 Å². The Morgan fingerprint density at radius 3 is 2.72 bits per heavy atom. The average Bonchev–Trinajstić information content (AvgIpc) is 2.69. The van der Waals surface area contributed by atoms with Crippen LogP contribution in [-0.4, -0.2) is 22.1 Å². The fraction of sp³-hybridized carbons (Fsp3) is 0.333. The molecule has 2 rings (SSSR count).